The highest BCUT2D eigenvalue weighted by atomic mass is 35.5. The maximum absolute atomic E-state index is 6.47. The van der Waals surface area contributed by atoms with Crippen LogP contribution in [0.1, 0.15) is 11.6 Å². The highest BCUT2D eigenvalue weighted by Gasteiger charge is 2.13. The Morgan fingerprint density at radius 2 is 2.00 bits per heavy atom. The molecule has 3 N–H and O–H groups in total. The van der Waals surface area contributed by atoms with E-state index in [0.717, 1.165) is 41.8 Å². The standard InChI is InChI=1S/C20H24ClN5O/c1-26(10-9-23-15-5-7-25-20(12-15)27-2)13-18(22)16-6-8-24-19-11-14(21)3-4-17(16)19/h3-8,11-12,18H,9-10,13,22H2,1-2H3,(H,23,25). The zero-order valence-electron chi connectivity index (χ0n) is 15.5. The normalized spacial score (nSPS) is 12.3. The summed E-state index contributed by atoms with van der Waals surface area (Å²) in [6.45, 7) is 2.39. The van der Waals surface area contributed by atoms with Gasteiger partial charge in [0.15, 0.2) is 0 Å². The maximum atomic E-state index is 6.47. The minimum absolute atomic E-state index is 0.109. The quantitative estimate of drug-likeness (QED) is 0.619. The number of fused-ring (bicyclic) bond motifs is 1. The molecule has 27 heavy (non-hydrogen) atoms. The lowest BCUT2D eigenvalue weighted by molar-refractivity contribution is 0.324. The molecule has 0 aliphatic rings. The molecule has 6 nitrogen and oxygen atoms in total. The number of likely N-dealkylation sites (N-methyl/N-ethyl adjacent to an activating group) is 1. The van der Waals surface area contributed by atoms with Crippen LogP contribution in [0.2, 0.25) is 5.02 Å². The molecule has 0 spiro atoms. The fraction of sp³-hybridized carbons (Fsp3) is 0.300. The SMILES string of the molecule is COc1cc(NCCN(C)CC(N)c2ccnc3cc(Cl)ccc23)ccn1. The van der Waals surface area contributed by atoms with Crippen LogP contribution >= 0.6 is 11.6 Å². The van der Waals surface area contributed by atoms with Crippen molar-refractivity contribution >= 4 is 28.2 Å². The van der Waals surface area contributed by atoms with Crippen LogP contribution < -0.4 is 15.8 Å². The average Bonchev–Trinajstić information content (AvgIpc) is 2.67. The zero-order valence-corrected chi connectivity index (χ0v) is 16.3. The molecule has 1 aromatic carbocycles. The summed E-state index contributed by atoms with van der Waals surface area (Å²) in [5.41, 5.74) is 9.40. The van der Waals surface area contributed by atoms with Crippen molar-refractivity contribution in [3.8, 4) is 5.88 Å². The van der Waals surface area contributed by atoms with Crippen molar-refractivity contribution in [3.05, 3.63) is 59.4 Å². The second-order valence-electron chi connectivity index (χ2n) is 6.44. The molecule has 0 saturated heterocycles. The lowest BCUT2D eigenvalue weighted by atomic mass is 10.0. The monoisotopic (exact) mass is 385 g/mol. The van der Waals surface area contributed by atoms with Gasteiger partial charge in [-0.2, -0.15) is 0 Å². The molecule has 0 bridgehead atoms. The number of ether oxygens (including phenoxy) is 1. The van der Waals surface area contributed by atoms with Crippen LogP contribution in [0.4, 0.5) is 5.69 Å². The van der Waals surface area contributed by atoms with Gasteiger partial charge in [0.25, 0.3) is 0 Å². The number of nitrogens with zero attached hydrogens (tertiary/aromatic N) is 3. The fourth-order valence-corrected chi connectivity index (χ4v) is 3.18. The first-order chi connectivity index (χ1) is 13.1. The van der Waals surface area contributed by atoms with Gasteiger partial charge in [-0.25, -0.2) is 4.98 Å². The highest BCUT2D eigenvalue weighted by molar-refractivity contribution is 6.31. The van der Waals surface area contributed by atoms with Crippen LogP contribution in [-0.4, -0.2) is 48.7 Å². The molecule has 0 aliphatic carbocycles. The largest absolute Gasteiger partial charge is 0.481 e. The van der Waals surface area contributed by atoms with Gasteiger partial charge in [0.1, 0.15) is 0 Å². The third-order valence-corrected chi connectivity index (χ3v) is 4.65. The van der Waals surface area contributed by atoms with Crippen LogP contribution in [0.15, 0.2) is 48.8 Å². The van der Waals surface area contributed by atoms with Gasteiger partial charge in [0.05, 0.1) is 12.6 Å². The lowest BCUT2D eigenvalue weighted by Crippen LogP contribution is -2.32. The molecular formula is C20H24ClN5O. The van der Waals surface area contributed by atoms with E-state index in [1.54, 1.807) is 19.5 Å². The van der Waals surface area contributed by atoms with Crippen LogP contribution in [0.5, 0.6) is 5.88 Å². The molecule has 2 heterocycles. The molecule has 0 radical (unpaired) electrons. The van der Waals surface area contributed by atoms with E-state index in [-0.39, 0.29) is 6.04 Å². The Morgan fingerprint density at radius 3 is 2.81 bits per heavy atom. The van der Waals surface area contributed by atoms with Gasteiger partial charge in [-0.1, -0.05) is 17.7 Å². The molecule has 0 amide bonds. The summed E-state index contributed by atoms with van der Waals surface area (Å²) in [5, 5.41) is 5.10. The van der Waals surface area contributed by atoms with E-state index in [1.807, 2.05) is 36.4 Å². The summed E-state index contributed by atoms with van der Waals surface area (Å²) in [6, 6.07) is 11.4. The number of hydrogen-bond acceptors (Lipinski definition) is 6. The Bertz CT molecular complexity index is 904. The van der Waals surface area contributed by atoms with E-state index in [2.05, 4.69) is 27.2 Å². The number of rotatable bonds is 8. The number of benzene rings is 1. The molecule has 0 aliphatic heterocycles. The van der Waals surface area contributed by atoms with Gasteiger partial charge in [0, 0.05) is 60.2 Å². The molecule has 2 aromatic heterocycles. The lowest BCUT2D eigenvalue weighted by Gasteiger charge is -2.22. The Kier molecular flexibility index (Phi) is 6.45. The third kappa shape index (κ3) is 5.07. The minimum Gasteiger partial charge on any atom is -0.481 e. The van der Waals surface area contributed by atoms with Crippen molar-refractivity contribution in [1.29, 1.82) is 0 Å². The summed E-state index contributed by atoms with van der Waals surface area (Å²) in [5.74, 6) is 0.597. The van der Waals surface area contributed by atoms with E-state index in [1.165, 1.54) is 0 Å². The van der Waals surface area contributed by atoms with Crippen molar-refractivity contribution < 1.29 is 4.74 Å². The summed E-state index contributed by atoms with van der Waals surface area (Å²) in [6.07, 6.45) is 3.51. The number of halogens is 1. The van der Waals surface area contributed by atoms with E-state index < -0.39 is 0 Å². The van der Waals surface area contributed by atoms with Crippen molar-refractivity contribution in [1.82, 2.24) is 14.9 Å². The first kappa shape index (κ1) is 19.4. The van der Waals surface area contributed by atoms with Gasteiger partial charge in [-0.05, 0) is 36.9 Å². The van der Waals surface area contributed by atoms with Crippen molar-refractivity contribution in [3.63, 3.8) is 0 Å². The van der Waals surface area contributed by atoms with Crippen molar-refractivity contribution in [2.45, 2.75) is 6.04 Å². The summed E-state index contributed by atoms with van der Waals surface area (Å²) in [4.78, 5) is 10.7. The molecule has 1 unspecified atom stereocenters. The van der Waals surface area contributed by atoms with Gasteiger partial charge in [0.2, 0.25) is 5.88 Å². The first-order valence-corrected chi connectivity index (χ1v) is 9.17. The van der Waals surface area contributed by atoms with Crippen LogP contribution in [-0.2, 0) is 0 Å². The predicted molar refractivity (Wildman–Crippen MR) is 110 cm³/mol. The van der Waals surface area contributed by atoms with Crippen molar-refractivity contribution in [2.75, 3.05) is 39.1 Å². The van der Waals surface area contributed by atoms with Crippen LogP contribution in [0.3, 0.4) is 0 Å². The van der Waals surface area contributed by atoms with E-state index >= 15 is 0 Å². The number of nitrogens with two attached hydrogens (primary N) is 1. The number of aromatic nitrogens is 2. The molecule has 142 valence electrons. The molecule has 3 aromatic rings. The summed E-state index contributed by atoms with van der Waals surface area (Å²) < 4.78 is 5.13. The van der Waals surface area contributed by atoms with E-state index in [4.69, 9.17) is 22.1 Å². The number of hydrogen-bond donors (Lipinski definition) is 2. The number of pyridine rings is 2. The number of anilines is 1. The summed E-state index contributed by atoms with van der Waals surface area (Å²) >= 11 is 6.06. The van der Waals surface area contributed by atoms with Gasteiger partial charge in [-0.15, -0.1) is 0 Å². The van der Waals surface area contributed by atoms with Gasteiger partial charge in [-0.3, -0.25) is 4.98 Å². The van der Waals surface area contributed by atoms with Gasteiger partial charge >= 0.3 is 0 Å². The highest BCUT2D eigenvalue weighted by Crippen LogP contribution is 2.24. The minimum atomic E-state index is -0.109. The second-order valence-corrected chi connectivity index (χ2v) is 6.88. The topological polar surface area (TPSA) is 76.3 Å². The Labute approximate surface area is 164 Å². The fourth-order valence-electron chi connectivity index (χ4n) is 3.01. The zero-order chi connectivity index (χ0) is 19.2. The predicted octanol–water partition coefficient (Wildman–Crippen LogP) is 3.34. The van der Waals surface area contributed by atoms with E-state index in [0.29, 0.717) is 10.9 Å². The number of nitrogens with one attached hydrogen (secondary N) is 1. The molecular weight excluding hydrogens is 362 g/mol. The molecule has 7 heteroatoms. The smallest absolute Gasteiger partial charge is 0.214 e. The average molecular weight is 386 g/mol. The second kappa shape index (κ2) is 8.99. The Hall–Kier alpha value is -2.41. The first-order valence-electron chi connectivity index (χ1n) is 8.79. The molecule has 0 saturated carbocycles. The Balaban J connectivity index is 1.57. The van der Waals surface area contributed by atoms with E-state index in [9.17, 15) is 0 Å². The van der Waals surface area contributed by atoms with Crippen molar-refractivity contribution in [2.24, 2.45) is 5.73 Å². The third-order valence-electron chi connectivity index (χ3n) is 4.41. The molecule has 1 atom stereocenters. The van der Waals surface area contributed by atoms with Crippen LogP contribution in [0.25, 0.3) is 10.9 Å². The molecule has 3 rings (SSSR count). The Morgan fingerprint density at radius 1 is 1.19 bits per heavy atom. The molecule has 0 fully saturated rings. The van der Waals surface area contributed by atoms with Crippen LogP contribution in [0, 0.1) is 0 Å². The number of methoxy groups -OCH3 is 1. The summed E-state index contributed by atoms with van der Waals surface area (Å²) in [7, 11) is 3.67. The van der Waals surface area contributed by atoms with Gasteiger partial charge < -0.3 is 20.7 Å². The maximum Gasteiger partial charge on any atom is 0.214 e.